The van der Waals surface area contributed by atoms with Crippen LogP contribution >= 0.6 is 0 Å². The highest BCUT2D eigenvalue weighted by Crippen LogP contribution is 2.33. The van der Waals surface area contributed by atoms with Gasteiger partial charge in [0.1, 0.15) is 5.58 Å². The van der Waals surface area contributed by atoms with E-state index in [2.05, 4.69) is 10.2 Å². The number of aromatic nitrogens is 2. The van der Waals surface area contributed by atoms with Gasteiger partial charge in [0.2, 0.25) is 0 Å². The van der Waals surface area contributed by atoms with Crippen LogP contribution in [0.4, 0.5) is 0 Å². The summed E-state index contributed by atoms with van der Waals surface area (Å²) in [5.41, 5.74) is 2.79. The van der Waals surface area contributed by atoms with Crippen molar-refractivity contribution in [2.45, 2.75) is 26.7 Å². The Bertz CT molecular complexity index is 888. The predicted octanol–water partition coefficient (Wildman–Crippen LogP) is 3.34. The van der Waals surface area contributed by atoms with Crippen LogP contribution in [0.15, 0.2) is 27.0 Å². The third-order valence-electron chi connectivity index (χ3n) is 4.36. The van der Waals surface area contributed by atoms with E-state index in [-0.39, 0.29) is 17.7 Å². The molecule has 0 aliphatic carbocycles. The van der Waals surface area contributed by atoms with Crippen molar-refractivity contribution in [3.63, 3.8) is 0 Å². The first kappa shape index (κ1) is 14.0. The van der Waals surface area contributed by atoms with Crippen LogP contribution in [0.5, 0.6) is 0 Å². The number of hydrogen-bond acceptors (Lipinski definition) is 5. The third-order valence-corrected chi connectivity index (χ3v) is 4.36. The Labute approximate surface area is 133 Å². The number of hydrogen-bond donors (Lipinski definition) is 0. The van der Waals surface area contributed by atoms with Gasteiger partial charge in [-0.05, 0) is 32.3 Å². The van der Waals surface area contributed by atoms with Gasteiger partial charge in [0.15, 0.2) is 5.76 Å². The lowest BCUT2D eigenvalue weighted by molar-refractivity contribution is 0.0754. The van der Waals surface area contributed by atoms with Crippen molar-refractivity contribution in [1.29, 1.82) is 0 Å². The molecule has 118 valence electrons. The maximum absolute atomic E-state index is 12.3. The van der Waals surface area contributed by atoms with E-state index in [9.17, 15) is 4.79 Å². The molecule has 3 heterocycles. The molecule has 1 fully saturated rings. The summed E-state index contributed by atoms with van der Waals surface area (Å²) in [5.74, 6) is 0.604. The average molecular weight is 311 g/mol. The lowest BCUT2D eigenvalue weighted by Gasteiger charge is -2.11. The van der Waals surface area contributed by atoms with E-state index in [0.717, 1.165) is 48.0 Å². The van der Waals surface area contributed by atoms with E-state index < -0.39 is 0 Å². The third kappa shape index (κ3) is 2.21. The minimum Gasteiger partial charge on any atom is -0.450 e. The van der Waals surface area contributed by atoms with Crippen molar-refractivity contribution in [2.24, 2.45) is 0 Å². The first-order valence-electron chi connectivity index (χ1n) is 7.77. The van der Waals surface area contributed by atoms with Gasteiger partial charge in [-0.3, -0.25) is 4.79 Å². The summed E-state index contributed by atoms with van der Waals surface area (Å²) in [6.45, 7) is 5.44. The zero-order valence-corrected chi connectivity index (χ0v) is 13.1. The molecule has 0 N–H and O–H groups in total. The number of rotatable bonds is 2. The molecule has 1 amide bonds. The van der Waals surface area contributed by atoms with Gasteiger partial charge in [-0.1, -0.05) is 18.2 Å². The molecule has 1 aliphatic heterocycles. The maximum atomic E-state index is 12.3. The first-order chi connectivity index (χ1) is 11.1. The monoisotopic (exact) mass is 311 g/mol. The summed E-state index contributed by atoms with van der Waals surface area (Å²) in [6.07, 6.45) is 2.05. The molecule has 1 aliphatic rings. The fourth-order valence-corrected chi connectivity index (χ4v) is 3.05. The summed E-state index contributed by atoms with van der Waals surface area (Å²) in [5, 5.41) is 8.93. The second-order valence-electron chi connectivity index (χ2n) is 5.92. The molecule has 3 aromatic rings. The Kier molecular flexibility index (Phi) is 3.18. The number of amides is 1. The van der Waals surface area contributed by atoms with E-state index in [4.69, 9.17) is 8.83 Å². The zero-order chi connectivity index (χ0) is 16.0. The molecule has 6 heteroatoms. The number of carbonyl (C=O) groups excluding carboxylic acids is 1. The molecule has 0 saturated carbocycles. The molecule has 0 unspecified atom stereocenters. The first-order valence-corrected chi connectivity index (χ1v) is 7.77. The molecule has 23 heavy (non-hydrogen) atoms. The fraction of sp³-hybridized carbons (Fsp3) is 0.353. The van der Waals surface area contributed by atoms with Crippen LogP contribution in [0.25, 0.3) is 22.6 Å². The molecule has 0 spiro atoms. The molecular weight excluding hydrogens is 294 g/mol. The molecule has 0 radical (unpaired) electrons. The van der Waals surface area contributed by atoms with E-state index in [1.165, 1.54) is 0 Å². The number of likely N-dealkylation sites (tertiary alicyclic amines) is 1. The topological polar surface area (TPSA) is 72.4 Å². The normalized spacial score (nSPS) is 14.8. The highest BCUT2D eigenvalue weighted by Gasteiger charge is 2.26. The largest absolute Gasteiger partial charge is 0.450 e. The number of para-hydroxylation sites is 1. The van der Waals surface area contributed by atoms with Crippen molar-refractivity contribution in [3.05, 3.63) is 35.2 Å². The fourth-order valence-electron chi connectivity index (χ4n) is 3.05. The van der Waals surface area contributed by atoms with Crippen molar-refractivity contribution in [3.8, 4) is 11.7 Å². The Balaban J connectivity index is 1.73. The SMILES string of the molecule is Cc1c(-c2nnc(C(=O)N3CCCC3)o2)oc2c(C)cccc12. The second kappa shape index (κ2) is 5.22. The molecule has 1 aromatic carbocycles. The van der Waals surface area contributed by atoms with E-state index >= 15 is 0 Å². The molecule has 1 saturated heterocycles. The highest BCUT2D eigenvalue weighted by atomic mass is 16.4. The Hall–Kier alpha value is -2.63. The van der Waals surface area contributed by atoms with E-state index in [0.29, 0.717) is 5.76 Å². The number of furan rings is 1. The smallest absolute Gasteiger partial charge is 0.311 e. The van der Waals surface area contributed by atoms with Gasteiger partial charge in [0.05, 0.1) is 0 Å². The lowest BCUT2D eigenvalue weighted by Crippen LogP contribution is -2.27. The molecule has 0 atom stereocenters. The summed E-state index contributed by atoms with van der Waals surface area (Å²) < 4.78 is 11.5. The van der Waals surface area contributed by atoms with Crippen LogP contribution in [0.2, 0.25) is 0 Å². The van der Waals surface area contributed by atoms with Gasteiger partial charge >= 0.3 is 11.8 Å². The molecule has 6 nitrogen and oxygen atoms in total. The molecular formula is C17H17N3O3. The minimum atomic E-state index is -0.203. The van der Waals surface area contributed by atoms with Gasteiger partial charge in [0, 0.05) is 24.0 Å². The maximum Gasteiger partial charge on any atom is 0.311 e. The Morgan fingerprint density at radius 2 is 1.91 bits per heavy atom. The summed E-state index contributed by atoms with van der Waals surface area (Å²) in [7, 11) is 0. The number of carbonyl (C=O) groups is 1. The predicted molar refractivity (Wildman–Crippen MR) is 84.1 cm³/mol. The van der Waals surface area contributed by atoms with Crippen LogP contribution in [-0.4, -0.2) is 34.1 Å². The van der Waals surface area contributed by atoms with Crippen molar-refractivity contribution in [2.75, 3.05) is 13.1 Å². The minimum absolute atomic E-state index is 0.0264. The Morgan fingerprint density at radius 1 is 1.13 bits per heavy atom. The van der Waals surface area contributed by atoms with Gasteiger partial charge in [0.25, 0.3) is 5.89 Å². The zero-order valence-electron chi connectivity index (χ0n) is 13.1. The second-order valence-corrected chi connectivity index (χ2v) is 5.92. The van der Waals surface area contributed by atoms with Crippen molar-refractivity contribution < 1.29 is 13.6 Å². The standard InChI is InChI=1S/C17H17N3O3/c1-10-6-5-7-12-11(2)14(22-13(10)12)15-18-19-16(23-15)17(21)20-8-3-4-9-20/h5-7H,3-4,8-9H2,1-2H3. The van der Waals surface area contributed by atoms with E-state index in [1.54, 1.807) is 4.90 Å². The van der Waals surface area contributed by atoms with E-state index in [1.807, 2.05) is 32.0 Å². The number of fused-ring (bicyclic) bond motifs is 1. The average Bonchev–Trinajstić information content (AvgIpc) is 3.27. The molecule has 2 aromatic heterocycles. The molecule has 4 rings (SSSR count). The molecule has 0 bridgehead atoms. The van der Waals surface area contributed by atoms with Gasteiger partial charge in [-0.15, -0.1) is 10.2 Å². The summed E-state index contributed by atoms with van der Waals surface area (Å²) in [4.78, 5) is 14.0. The highest BCUT2D eigenvalue weighted by molar-refractivity contribution is 5.91. The lowest BCUT2D eigenvalue weighted by atomic mass is 10.1. The number of aryl methyl sites for hydroxylation is 2. The Morgan fingerprint density at radius 3 is 2.65 bits per heavy atom. The van der Waals surface area contributed by atoms with Crippen molar-refractivity contribution >= 4 is 16.9 Å². The van der Waals surface area contributed by atoms with Gasteiger partial charge in [-0.2, -0.15) is 0 Å². The van der Waals surface area contributed by atoms with Gasteiger partial charge in [-0.25, -0.2) is 0 Å². The van der Waals surface area contributed by atoms with Gasteiger partial charge < -0.3 is 13.7 Å². The van der Waals surface area contributed by atoms with Crippen LogP contribution < -0.4 is 0 Å². The number of nitrogens with zero attached hydrogens (tertiary/aromatic N) is 3. The van der Waals surface area contributed by atoms with Crippen LogP contribution in [0, 0.1) is 13.8 Å². The van der Waals surface area contributed by atoms with Crippen molar-refractivity contribution in [1.82, 2.24) is 15.1 Å². The number of benzene rings is 1. The summed E-state index contributed by atoms with van der Waals surface area (Å²) in [6, 6.07) is 5.97. The summed E-state index contributed by atoms with van der Waals surface area (Å²) >= 11 is 0. The van der Waals surface area contributed by atoms with Crippen LogP contribution in [0.3, 0.4) is 0 Å². The quantitative estimate of drug-likeness (QED) is 0.726. The van der Waals surface area contributed by atoms with Crippen LogP contribution in [-0.2, 0) is 0 Å². The van der Waals surface area contributed by atoms with Crippen LogP contribution in [0.1, 0.15) is 34.7 Å².